The third-order valence-electron chi connectivity index (χ3n) is 4.81. The van der Waals surface area contributed by atoms with Crippen molar-refractivity contribution in [3.8, 4) is 23.0 Å². The van der Waals surface area contributed by atoms with Crippen LogP contribution in [0.5, 0.6) is 23.0 Å². The minimum absolute atomic E-state index is 0.131. The second-order valence-corrected chi connectivity index (χ2v) is 7.46. The standard InChI is InChI=1S/C23H15F8N3O5/c1-9-8-33-12(20(32)35)7-11(9)34-21(36)16-13(4-3-10(17(16)24)22(26,27)28)38-15-6-5-14(39-23(29,30)31)18(25)19(15)37-2/h3-8H,1-2H3,(H2,32,35)(H,33,34,36)/i2D3. The number of benzene rings is 2. The van der Waals surface area contributed by atoms with E-state index in [-0.39, 0.29) is 23.0 Å². The number of anilines is 1. The molecule has 0 aliphatic rings. The number of amides is 2. The molecule has 0 saturated carbocycles. The first kappa shape index (κ1) is 24.7. The third kappa shape index (κ3) is 6.45. The molecule has 0 saturated heterocycles. The summed E-state index contributed by atoms with van der Waals surface area (Å²) in [6, 6.07) is 2.24. The molecule has 0 fully saturated rings. The van der Waals surface area contributed by atoms with Crippen LogP contribution in [0, 0.1) is 18.6 Å². The number of aromatic nitrogens is 1. The topological polar surface area (TPSA) is 113 Å². The number of nitrogens with zero attached hydrogens (tertiary/aromatic N) is 1. The van der Waals surface area contributed by atoms with Crippen molar-refractivity contribution in [3.05, 3.63) is 70.5 Å². The fourth-order valence-electron chi connectivity index (χ4n) is 3.07. The second-order valence-electron chi connectivity index (χ2n) is 7.46. The monoisotopic (exact) mass is 568 g/mol. The van der Waals surface area contributed by atoms with Gasteiger partial charge in [-0.1, -0.05) is 0 Å². The van der Waals surface area contributed by atoms with Gasteiger partial charge in [0.1, 0.15) is 17.0 Å². The van der Waals surface area contributed by atoms with Crippen molar-refractivity contribution in [2.75, 3.05) is 12.4 Å². The van der Waals surface area contributed by atoms with Crippen LogP contribution in [0.1, 0.15) is 36.1 Å². The van der Waals surface area contributed by atoms with Crippen molar-refractivity contribution in [2.45, 2.75) is 19.5 Å². The molecule has 1 aromatic heterocycles. The van der Waals surface area contributed by atoms with Crippen LogP contribution in [0.3, 0.4) is 0 Å². The first-order chi connectivity index (χ1) is 19.2. The van der Waals surface area contributed by atoms with Gasteiger partial charge in [-0.25, -0.2) is 4.39 Å². The molecule has 0 bridgehead atoms. The number of hydrogen-bond donors (Lipinski definition) is 2. The van der Waals surface area contributed by atoms with Gasteiger partial charge in [-0.15, -0.1) is 13.2 Å². The molecule has 2 aromatic carbocycles. The van der Waals surface area contributed by atoms with Crippen LogP contribution in [-0.4, -0.2) is 30.2 Å². The molecule has 3 N–H and O–H groups in total. The van der Waals surface area contributed by atoms with Crippen molar-refractivity contribution < 1.29 is 63.0 Å². The number of hydrogen-bond acceptors (Lipinski definition) is 6. The van der Waals surface area contributed by atoms with Gasteiger partial charge in [-0.3, -0.25) is 14.6 Å². The number of halogens is 8. The number of aryl methyl sites for hydroxylation is 1. The zero-order valence-electron chi connectivity index (χ0n) is 22.1. The molecule has 3 rings (SSSR count). The Bertz CT molecular complexity index is 1550. The molecule has 0 unspecified atom stereocenters. The summed E-state index contributed by atoms with van der Waals surface area (Å²) in [5.41, 5.74) is 1.20. The molecule has 3 aromatic rings. The molecular formula is C23H15F8N3O5. The summed E-state index contributed by atoms with van der Waals surface area (Å²) in [4.78, 5) is 28.2. The van der Waals surface area contributed by atoms with E-state index in [0.29, 0.717) is 18.2 Å². The Morgan fingerprint density at radius 1 is 1.00 bits per heavy atom. The Labute approximate surface area is 217 Å². The first-order valence-corrected chi connectivity index (χ1v) is 10.1. The van der Waals surface area contributed by atoms with Crippen LogP contribution in [-0.2, 0) is 6.18 Å². The van der Waals surface area contributed by atoms with E-state index in [9.17, 15) is 40.3 Å². The normalized spacial score (nSPS) is 13.1. The average Bonchev–Trinajstić information content (AvgIpc) is 2.82. The van der Waals surface area contributed by atoms with Gasteiger partial charge in [-0.05, 0) is 42.8 Å². The highest BCUT2D eigenvalue weighted by atomic mass is 19.4. The summed E-state index contributed by atoms with van der Waals surface area (Å²) >= 11 is 0. The van der Waals surface area contributed by atoms with Crippen molar-refractivity contribution in [1.29, 1.82) is 0 Å². The highest BCUT2D eigenvalue weighted by molar-refractivity contribution is 6.07. The summed E-state index contributed by atoms with van der Waals surface area (Å²) < 4.78 is 143. The number of carbonyl (C=O) groups is 2. The molecule has 0 spiro atoms. The first-order valence-electron chi connectivity index (χ1n) is 11.6. The molecular weight excluding hydrogens is 550 g/mol. The van der Waals surface area contributed by atoms with Gasteiger partial charge in [0, 0.05) is 11.9 Å². The van der Waals surface area contributed by atoms with E-state index < -0.39 is 77.2 Å². The highest BCUT2D eigenvalue weighted by Gasteiger charge is 2.38. The average molecular weight is 568 g/mol. The van der Waals surface area contributed by atoms with Crippen LogP contribution >= 0.6 is 0 Å². The summed E-state index contributed by atoms with van der Waals surface area (Å²) in [7, 11) is -3.52. The SMILES string of the molecule is [2H]C([2H])([2H])Oc1c(Oc2ccc(C(F)(F)F)c(F)c2C(=O)Nc2cc(C(N)=O)ncc2C)ccc(OC(F)(F)F)c1F. The second kappa shape index (κ2) is 10.6. The van der Waals surface area contributed by atoms with E-state index in [1.165, 1.54) is 6.92 Å². The number of ether oxygens (including phenoxy) is 3. The van der Waals surface area contributed by atoms with E-state index in [1.807, 2.05) is 0 Å². The number of nitrogens with one attached hydrogen (secondary N) is 1. The Morgan fingerprint density at radius 2 is 1.64 bits per heavy atom. The largest absolute Gasteiger partial charge is 0.573 e. The van der Waals surface area contributed by atoms with Gasteiger partial charge in [0.25, 0.3) is 11.8 Å². The lowest BCUT2D eigenvalue weighted by molar-refractivity contribution is -0.275. The van der Waals surface area contributed by atoms with Gasteiger partial charge < -0.3 is 25.3 Å². The molecule has 0 atom stereocenters. The molecule has 208 valence electrons. The molecule has 0 aliphatic carbocycles. The van der Waals surface area contributed by atoms with Crippen molar-refractivity contribution in [2.24, 2.45) is 5.73 Å². The number of alkyl halides is 6. The van der Waals surface area contributed by atoms with E-state index in [2.05, 4.69) is 19.8 Å². The van der Waals surface area contributed by atoms with Crippen LogP contribution in [0.25, 0.3) is 0 Å². The van der Waals surface area contributed by atoms with Crippen LogP contribution in [0.4, 0.5) is 40.8 Å². The highest BCUT2D eigenvalue weighted by Crippen LogP contribution is 2.42. The van der Waals surface area contributed by atoms with Crippen molar-refractivity contribution >= 4 is 17.5 Å². The Morgan fingerprint density at radius 3 is 2.23 bits per heavy atom. The van der Waals surface area contributed by atoms with Gasteiger partial charge in [0.15, 0.2) is 17.3 Å². The molecule has 2 amide bonds. The van der Waals surface area contributed by atoms with Crippen LogP contribution in [0.15, 0.2) is 36.5 Å². The maximum absolute atomic E-state index is 15.2. The lowest BCUT2D eigenvalue weighted by atomic mass is 10.1. The number of primary amides is 1. The molecule has 39 heavy (non-hydrogen) atoms. The molecule has 0 aliphatic heterocycles. The van der Waals surface area contributed by atoms with Crippen LogP contribution < -0.4 is 25.3 Å². The smallest absolute Gasteiger partial charge is 0.490 e. The number of methoxy groups -OCH3 is 1. The van der Waals surface area contributed by atoms with E-state index in [4.69, 9.17) is 14.6 Å². The quantitative estimate of drug-likeness (QED) is 0.352. The lowest BCUT2D eigenvalue weighted by Gasteiger charge is -2.18. The zero-order valence-corrected chi connectivity index (χ0v) is 19.1. The summed E-state index contributed by atoms with van der Waals surface area (Å²) in [5, 5.41) is 2.05. The Balaban J connectivity index is 2.18. The fourth-order valence-corrected chi connectivity index (χ4v) is 3.07. The summed E-state index contributed by atoms with van der Waals surface area (Å²) in [6.45, 7) is 1.35. The third-order valence-corrected chi connectivity index (χ3v) is 4.81. The Hall–Kier alpha value is -4.63. The number of rotatable bonds is 7. The van der Waals surface area contributed by atoms with Crippen LogP contribution in [0.2, 0.25) is 0 Å². The molecule has 0 radical (unpaired) electrons. The zero-order chi connectivity index (χ0) is 31.8. The van der Waals surface area contributed by atoms with Crippen molar-refractivity contribution in [1.82, 2.24) is 4.98 Å². The van der Waals surface area contributed by atoms with Gasteiger partial charge >= 0.3 is 12.5 Å². The molecule has 1 heterocycles. The molecule has 8 nitrogen and oxygen atoms in total. The van der Waals surface area contributed by atoms with E-state index in [0.717, 1.165) is 12.3 Å². The summed E-state index contributed by atoms with van der Waals surface area (Å²) in [6.07, 6.45) is -9.73. The summed E-state index contributed by atoms with van der Waals surface area (Å²) in [5.74, 6) is -12.2. The Kier molecular flexibility index (Phi) is 6.73. The minimum atomic E-state index is -5.44. The maximum atomic E-state index is 15.2. The fraction of sp³-hybridized carbons (Fsp3) is 0.174. The van der Waals surface area contributed by atoms with E-state index in [1.54, 1.807) is 0 Å². The van der Waals surface area contributed by atoms with Gasteiger partial charge in [-0.2, -0.15) is 17.6 Å². The van der Waals surface area contributed by atoms with Gasteiger partial charge in [0.05, 0.1) is 16.7 Å². The predicted octanol–water partition coefficient (Wildman–Crippen LogP) is 5.74. The van der Waals surface area contributed by atoms with E-state index >= 15 is 4.39 Å². The number of carbonyl (C=O) groups excluding carboxylic acids is 2. The maximum Gasteiger partial charge on any atom is 0.573 e. The minimum Gasteiger partial charge on any atom is -0.490 e. The van der Waals surface area contributed by atoms with Crippen molar-refractivity contribution in [3.63, 3.8) is 0 Å². The number of nitrogens with two attached hydrogens (primary N) is 1. The lowest BCUT2D eigenvalue weighted by Crippen LogP contribution is -2.20. The molecule has 16 heteroatoms. The van der Waals surface area contributed by atoms with Gasteiger partial charge in [0.2, 0.25) is 11.6 Å². The number of pyridine rings is 1. The predicted molar refractivity (Wildman–Crippen MR) is 117 cm³/mol.